The number of rotatable bonds is 7. The minimum Gasteiger partial charge on any atom is -0.493 e. The Kier molecular flexibility index (Phi) is 5.53. The van der Waals surface area contributed by atoms with Gasteiger partial charge in [-0.1, -0.05) is 23.7 Å². The quantitative estimate of drug-likeness (QED) is 0.745. The molecule has 2 aromatic carbocycles. The molecule has 1 heterocycles. The summed E-state index contributed by atoms with van der Waals surface area (Å²) in [6.07, 6.45) is 2.53. The van der Waals surface area contributed by atoms with Gasteiger partial charge in [-0.2, -0.15) is 0 Å². The molecule has 2 aromatic rings. The first-order valence-corrected chi connectivity index (χ1v) is 8.28. The third-order valence-corrected chi connectivity index (χ3v) is 4.02. The molecule has 0 bridgehead atoms. The number of fused-ring (bicyclic) bond motifs is 1. The monoisotopic (exact) mass is 375 g/mol. The number of allylic oxidation sites excluding steroid dienone is 1. The van der Waals surface area contributed by atoms with Crippen molar-refractivity contribution >= 4 is 23.2 Å². The van der Waals surface area contributed by atoms with Crippen LogP contribution in [0.15, 0.2) is 43.0 Å². The van der Waals surface area contributed by atoms with Crippen molar-refractivity contribution in [3.8, 4) is 23.0 Å². The average molecular weight is 376 g/mol. The summed E-state index contributed by atoms with van der Waals surface area (Å²) in [5.74, 6) is 1.76. The lowest BCUT2D eigenvalue weighted by atomic mass is 10.1. The third kappa shape index (κ3) is 4.03. The lowest BCUT2D eigenvalue weighted by Gasteiger charge is -2.12. The van der Waals surface area contributed by atoms with E-state index in [9.17, 15) is 4.79 Å². The van der Waals surface area contributed by atoms with E-state index in [1.807, 2.05) is 12.1 Å². The van der Waals surface area contributed by atoms with E-state index in [0.717, 1.165) is 12.0 Å². The number of nitrogens with one attached hydrogen (secondary N) is 1. The summed E-state index contributed by atoms with van der Waals surface area (Å²) in [5.41, 5.74) is 1.47. The zero-order chi connectivity index (χ0) is 18.5. The van der Waals surface area contributed by atoms with Crippen molar-refractivity contribution in [1.82, 2.24) is 0 Å². The van der Waals surface area contributed by atoms with E-state index in [-0.39, 0.29) is 19.3 Å². The van der Waals surface area contributed by atoms with Crippen LogP contribution in [0.1, 0.15) is 5.56 Å². The van der Waals surface area contributed by atoms with Crippen LogP contribution < -0.4 is 24.3 Å². The predicted octanol–water partition coefficient (Wildman–Crippen LogP) is 3.82. The molecule has 136 valence electrons. The molecule has 0 atom stereocenters. The van der Waals surface area contributed by atoms with Gasteiger partial charge in [0.05, 0.1) is 17.8 Å². The maximum absolute atomic E-state index is 12.2. The Bertz CT molecular complexity index is 837. The summed E-state index contributed by atoms with van der Waals surface area (Å²) in [4.78, 5) is 12.2. The summed E-state index contributed by atoms with van der Waals surface area (Å²) in [5, 5.41) is 3.05. The minimum absolute atomic E-state index is 0.133. The molecule has 0 spiro atoms. The molecule has 0 fully saturated rings. The molecule has 1 aliphatic rings. The molecule has 7 heteroatoms. The fraction of sp³-hybridized carbons (Fsp3) is 0.211. The fourth-order valence-electron chi connectivity index (χ4n) is 2.47. The number of benzene rings is 2. The number of amides is 1. The molecule has 1 amide bonds. The summed E-state index contributed by atoms with van der Waals surface area (Å²) >= 11 is 6.14. The zero-order valence-electron chi connectivity index (χ0n) is 14.2. The molecule has 0 saturated carbocycles. The predicted molar refractivity (Wildman–Crippen MR) is 98.6 cm³/mol. The Morgan fingerprint density at radius 3 is 2.77 bits per heavy atom. The molecule has 1 aliphatic heterocycles. The first-order chi connectivity index (χ1) is 12.6. The van der Waals surface area contributed by atoms with Crippen molar-refractivity contribution in [2.45, 2.75) is 6.42 Å². The Balaban J connectivity index is 1.63. The van der Waals surface area contributed by atoms with Crippen molar-refractivity contribution in [2.75, 3.05) is 25.8 Å². The first kappa shape index (κ1) is 17.9. The van der Waals surface area contributed by atoms with Crippen LogP contribution in [0.25, 0.3) is 0 Å². The van der Waals surface area contributed by atoms with Crippen LogP contribution in [-0.4, -0.2) is 26.4 Å². The van der Waals surface area contributed by atoms with Crippen molar-refractivity contribution in [3.63, 3.8) is 0 Å². The SMILES string of the molecule is C=CCc1ccc(OCC(=O)Nc2cc3c(cc2Cl)OCO3)c(OC)c1. The van der Waals surface area contributed by atoms with Gasteiger partial charge in [0, 0.05) is 12.1 Å². The number of carbonyl (C=O) groups is 1. The first-order valence-electron chi connectivity index (χ1n) is 7.90. The maximum Gasteiger partial charge on any atom is 0.262 e. The van der Waals surface area contributed by atoms with Gasteiger partial charge in [-0.05, 0) is 24.1 Å². The molecular formula is C19H18ClNO5. The van der Waals surface area contributed by atoms with Gasteiger partial charge in [0.1, 0.15) is 0 Å². The second kappa shape index (κ2) is 8.01. The number of hydrogen-bond donors (Lipinski definition) is 1. The number of ether oxygens (including phenoxy) is 4. The van der Waals surface area contributed by atoms with Gasteiger partial charge in [0.25, 0.3) is 5.91 Å². The molecule has 26 heavy (non-hydrogen) atoms. The Labute approximate surface area is 156 Å². The number of hydrogen-bond acceptors (Lipinski definition) is 5. The second-order valence-electron chi connectivity index (χ2n) is 5.50. The summed E-state index contributed by atoms with van der Waals surface area (Å²) in [6.45, 7) is 3.65. The van der Waals surface area contributed by atoms with Crippen LogP contribution >= 0.6 is 11.6 Å². The molecule has 6 nitrogen and oxygen atoms in total. The Hall–Kier alpha value is -2.86. The number of halogens is 1. The third-order valence-electron chi connectivity index (χ3n) is 3.70. The highest BCUT2D eigenvalue weighted by atomic mass is 35.5. The molecule has 0 aliphatic carbocycles. The molecule has 3 rings (SSSR count). The maximum atomic E-state index is 12.2. The van der Waals surface area contributed by atoms with Crippen molar-refractivity contribution in [2.24, 2.45) is 0 Å². The van der Waals surface area contributed by atoms with E-state index in [4.69, 9.17) is 30.5 Å². The topological polar surface area (TPSA) is 66.0 Å². The van der Waals surface area contributed by atoms with E-state index in [1.54, 1.807) is 31.4 Å². The number of methoxy groups -OCH3 is 1. The highest BCUT2D eigenvalue weighted by Crippen LogP contribution is 2.39. The molecule has 0 aromatic heterocycles. The number of carbonyl (C=O) groups excluding carboxylic acids is 1. The molecular weight excluding hydrogens is 358 g/mol. The van der Waals surface area contributed by atoms with Gasteiger partial charge in [0.2, 0.25) is 6.79 Å². The van der Waals surface area contributed by atoms with Gasteiger partial charge in [-0.15, -0.1) is 6.58 Å². The van der Waals surface area contributed by atoms with Gasteiger partial charge in [0.15, 0.2) is 29.6 Å². The van der Waals surface area contributed by atoms with E-state index < -0.39 is 0 Å². The van der Waals surface area contributed by atoms with Crippen molar-refractivity contribution < 1.29 is 23.7 Å². The molecule has 0 saturated heterocycles. The summed E-state index contributed by atoms with van der Waals surface area (Å²) in [6, 6.07) is 8.73. The van der Waals surface area contributed by atoms with Crippen LogP contribution in [-0.2, 0) is 11.2 Å². The van der Waals surface area contributed by atoms with Crippen LogP contribution in [0, 0.1) is 0 Å². The number of anilines is 1. The van der Waals surface area contributed by atoms with E-state index >= 15 is 0 Å². The van der Waals surface area contributed by atoms with Gasteiger partial charge >= 0.3 is 0 Å². The fourth-order valence-corrected chi connectivity index (χ4v) is 2.67. The minimum atomic E-state index is -0.358. The van der Waals surface area contributed by atoms with Crippen molar-refractivity contribution in [1.29, 1.82) is 0 Å². The largest absolute Gasteiger partial charge is 0.493 e. The van der Waals surface area contributed by atoms with E-state index in [2.05, 4.69) is 11.9 Å². The molecule has 0 unspecified atom stereocenters. The van der Waals surface area contributed by atoms with Gasteiger partial charge < -0.3 is 24.3 Å². The lowest BCUT2D eigenvalue weighted by Crippen LogP contribution is -2.20. The zero-order valence-corrected chi connectivity index (χ0v) is 15.0. The summed E-state index contributed by atoms with van der Waals surface area (Å²) in [7, 11) is 1.55. The standard InChI is InChI=1S/C19H18ClNO5/c1-3-4-12-5-6-15(16(7-12)23-2)24-10-19(22)21-14-9-18-17(8-13(14)20)25-11-26-18/h3,5-9H,1,4,10-11H2,2H3,(H,21,22). The van der Waals surface area contributed by atoms with Crippen LogP contribution in [0.5, 0.6) is 23.0 Å². The molecule has 0 radical (unpaired) electrons. The Morgan fingerprint density at radius 1 is 1.27 bits per heavy atom. The van der Waals surface area contributed by atoms with Gasteiger partial charge in [-0.25, -0.2) is 0 Å². The van der Waals surface area contributed by atoms with Crippen LogP contribution in [0.4, 0.5) is 5.69 Å². The van der Waals surface area contributed by atoms with Crippen LogP contribution in [0.2, 0.25) is 5.02 Å². The van der Waals surface area contributed by atoms with E-state index in [1.165, 1.54) is 0 Å². The average Bonchev–Trinajstić information content (AvgIpc) is 3.08. The molecule has 1 N–H and O–H groups in total. The Morgan fingerprint density at radius 2 is 2.04 bits per heavy atom. The van der Waals surface area contributed by atoms with E-state index in [0.29, 0.717) is 33.7 Å². The second-order valence-corrected chi connectivity index (χ2v) is 5.91. The highest BCUT2D eigenvalue weighted by molar-refractivity contribution is 6.34. The van der Waals surface area contributed by atoms with Crippen molar-refractivity contribution in [3.05, 3.63) is 53.6 Å². The van der Waals surface area contributed by atoms with Gasteiger partial charge in [-0.3, -0.25) is 4.79 Å². The van der Waals surface area contributed by atoms with Crippen LogP contribution in [0.3, 0.4) is 0 Å². The normalized spacial score (nSPS) is 11.8. The smallest absolute Gasteiger partial charge is 0.262 e. The summed E-state index contributed by atoms with van der Waals surface area (Å²) < 4.78 is 21.4. The lowest BCUT2D eigenvalue weighted by molar-refractivity contribution is -0.118. The highest BCUT2D eigenvalue weighted by Gasteiger charge is 2.18.